The van der Waals surface area contributed by atoms with Crippen LogP contribution in [0.4, 0.5) is 0 Å². The number of nitrogens with two attached hydrogens (primary N) is 1. The van der Waals surface area contributed by atoms with Crippen molar-refractivity contribution >= 4 is 22.0 Å². The van der Waals surface area contributed by atoms with Crippen molar-refractivity contribution in [1.82, 2.24) is 4.31 Å². The Morgan fingerprint density at radius 3 is 2.56 bits per heavy atom. The fraction of sp³-hybridized carbons (Fsp3) is 0.100. The van der Waals surface area contributed by atoms with Crippen molar-refractivity contribution in [3.05, 3.63) is 35.5 Å². The Hall–Kier alpha value is -1.82. The largest absolute Gasteiger partial charge is 0.364 e. The van der Waals surface area contributed by atoms with Crippen molar-refractivity contribution in [3.8, 4) is 0 Å². The maximum absolute atomic E-state index is 12.0. The van der Waals surface area contributed by atoms with Crippen LogP contribution in [-0.2, 0) is 14.8 Å². The average Bonchev–Trinajstić information content (AvgIpc) is 2.23. The zero-order chi connectivity index (χ0) is 11.9. The third kappa shape index (κ3) is 1.38. The van der Waals surface area contributed by atoms with Gasteiger partial charge >= 0.3 is 0 Å². The van der Waals surface area contributed by atoms with Gasteiger partial charge < -0.3 is 5.73 Å². The number of rotatable bonds is 1. The van der Waals surface area contributed by atoms with E-state index in [0.29, 0.717) is 5.56 Å². The van der Waals surface area contributed by atoms with E-state index in [1.807, 2.05) is 0 Å². The van der Waals surface area contributed by atoms with Crippen LogP contribution in [0.1, 0.15) is 5.56 Å². The van der Waals surface area contributed by atoms with Gasteiger partial charge in [-0.1, -0.05) is 18.2 Å². The van der Waals surface area contributed by atoms with Crippen LogP contribution in [0.15, 0.2) is 34.9 Å². The molecule has 0 atom stereocenters. The van der Waals surface area contributed by atoms with E-state index in [4.69, 9.17) is 5.73 Å². The van der Waals surface area contributed by atoms with Crippen molar-refractivity contribution in [3.63, 3.8) is 0 Å². The third-order valence-corrected chi connectivity index (χ3v) is 4.29. The van der Waals surface area contributed by atoms with E-state index in [0.717, 1.165) is 4.31 Å². The predicted molar refractivity (Wildman–Crippen MR) is 58.6 cm³/mol. The summed E-state index contributed by atoms with van der Waals surface area (Å²) in [7, 11) is -2.34. The molecule has 0 bridgehead atoms. The summed E-state index contributed by atoms with van der Waals surface area (Å²) in [6, 6.07) is 6.46. The Morgan fingerprint density at radius 1 is 1.31 bits per heavy atom. The zero-order valence-corrected chi connectivity index (χ0v) is 9.36. The molecule has 1 aliphatic rings. The number of sulfonamides is 1. The molecule has 6 heteroatoms. The molecule has 0 spiro atoms. The lowest BCUT2D eigenvalue weighted by molar-refractivity contribution is -0.115. The molecule has 16 heavy (non-hydrogen) atoms. The summed E-state index contributed by atoms with van der Waals surface area (Å²) < 4.78 is 24.9. The lowest BCUT2D eigenvalue weighted by atomic mass is 10.2. The molecule has 0 fully saturated rings. The van der Waals surface area contributed by atoms with Gasteiger partial charge in [-0.25, -0.2) is 8.42 Å². The Morgan fingerprint density at radius 2 is 1.94 bits per heavy atom. The third-order valence-electron chi connectivity index (χ3n) is 2.44. The standard InChI is InChI=1S/C10H10N2O3S/c1-12-8(10(11)13)6-7-4-2-3-5-9(7)16(12,14)15/h2-6H,1H3,(H2,11,13). The molecule has 0 radical (unpaired) electrons. The van der Waals surface area contributed by atoms with Crippen molar-refractivity contribution in [2.24, 2.45) is 5.73 Å². The lowest BCUT2D eigenvalue weighted by Crippen LogP contribution is -2.35. The summed E-state index contributed by atoms with van der Waals surface area (Å²) in [4.78, 5) is 11.3. The van der Waals surface area contributed by atoms with Crippen LogP contribution in [0.3, 0.4) is 0 Å². The second-order valence-electron chi connectivity index (χ2n) is 3.40. The highest BCUT2D eigenvalue weighted by Gasteiger charge is 2.31. The number of carbonyl (C=O) groups is 1. The van der Waals surface area contributed by atoms with Gasteiger partial charge in [0.2, 0.25) is 0 Å². The van der Waals surface area contributed by atoms with Gasteiger partial charge in [0, 0.05) is 7.05 Å². The number of likely N-dealkylation sites (N-methyl/N-ethyl adjacent to an activating group) is 1. The zero-order valence-electron chi connectivity index (χ0n) is 8.54. The van der Waals surface area contributed by atoms with Gasteiger partial charge in [-0.2, -0.15) is 0 Å². The normalized spacial score (nSPS) is 17.6. The lowest BCUT2D eigenvalue weighted by Gasteiger charge is -2.25. The molecule has 2 N–H and O–H groups in total. The molecule has 84 valence electrons. The molecule has 1 aromatic carbocycles. The topological polar surface area (TPSA) is 80.5 Å². The van der Waals surface area contributed by atoms with Crippen molar-refractivity contribution in [1.29, 1.82) is 0 Å². The van der Waals surface area contributed by atoms with Crippen LogP contribution in [0, 0.1) is 0 Å². The summed E-state index contributed by atoms with van der Waals surface area (Å²) in [6.07, 6.45) is 1.47. The Bertz CT molecular complexity index is 590. The first-order chi connectivity index (χ1) is 7.44. The number of benzene rings is 1. The van der Waals surface area contributed by atoms with Crippen LogP contribution >= 0.6 is 0 Å². The number of amides is 1. The first-order valence-corrected chi connectivity index (χ1v) is 5.98. The number of primary amides is 1. The van der Waals surface area contributed by atoms with E-state index in [9.17, 15) is 13.2 Å². The molecule has 0 aromatic heterocycles. The highest BCUT2D eigenvalue weighted by atomic mass is 32.2. The molecule has 0 saturated carbocycles. The van der Waals surface area contributed by atoms with Gasteiger partial charge in [0.1, 0.15) is 5.70 Å². The number of carbonyl (C=O) groups excluding carboxylic acids is 1. The molecule has 1 amide bonds. The first-order valence-electron chi connectivity index (χ1n) is 4.54. The summed E-state index contributed by atoms with van der Waals surface area (Å²) in [5.41, 5.74) is 5.57. The number of fused-ring (bicyclic) bond motifs is 1. The van der Waals surface area contributed by atoms with E-state index >= 15 is 0 Å². The summed E-state index contributed by atoms with van der Waals surface area (Å²) in [6.45, 7) is 0. The molecule has 0 aliphatic carbocycles. The molecule has 2 rings (SSSR count). The molecule has 1 aromatic rings. The van der Waals surface area contributed by atoms with Gasteiger partial charge in [-0.3, -0.25) is 9.10 Å². The fourth-order valence-electron chi connectivity index (χ4n) is 1.58. The minimum absolute atomic E-state index is 0.0290. The number of nitrogens with zero attached hydrogens (tertiary/aromatic N) is 1. The summed E-state index contributed by atoms with van der Waals surface area (Å²) in [5, 5.41) is 0. The average molecular weight is 238 g/mol. The number of hydrogen-bond donors (Lipinski definition) is 1. The maximum Gasteiger partial charge on any atom is 0.266 e. The van der Waals surface area contributed by atoms with Crippen molar-refractivity contribution in [2.45, 2.75) is 4.90 Å². The highest BCUT2D eigenvalue weighted by Crippen LogP contribution is 2.29. The van der Waals surface area contributed by atoms with Crippen molar-refractivity contribution in [2.75, 3.05) is 7.05 Å². The molecular weight excluding hydrogens is 228 g/mol. The van der Waals surface area contributed by atoms with Crippen LogP contribution in [0.2, 0.25) is 0 Å². The van der Waals surface area contributed by atoms with E-state index in [1.54, 1.807) is 18.2 Å². The molecule has 1 heterocycles. The van der Waals surface area contributed by atoms with Gasteiger partial charge in [0.15, 0.2) is 0 Å². The van der Waals surface area contributed by atoms with Gasteiger partial charge in [0.05, 0.1) is 4.90 Å². The predicted octanol–water partition coefficient (Wildman–Crippen LogP) is 0.147. The molecule has 0 saturated heterocycles. The molecule has 5 nitrogen and oxygen atoms in total. The van der Waals surface area contributed by atoms with Gasteiger partial charge in [-0.15, -0.1) is 0 Å². The van der Waals surface area contributed by atoms with Crippen LogP contribution in [0.25, 0.3) is 6.08 Å². The first kappa shape index (κ1) is 10.7. The Balaban J connectivity index is 2.77. The van der Waals surface area contributed by atoms with E-state index in [-0.39, 0.29) is 10.6 Å². The molecular formula is C10H10N2O3S. The highest BCUT2D eigenvalue weighted by molar-refractivity contribution is 7.89. The van der Waals surface area contributed by atoms with Crippen LogP contribution in [0.5, 0.6) is 0 Å². The Kier molecular flexibility index (Phi) is 2.23. The summed E-state index contributed by atoms with van der Waals surface area (Å²) >= 11 is 0. The van der Waals surface area contributed by atoms with Crippen LogP contribution in [-0.4, -0.2) is 25.7 Å². The Labute approximate surface area is 93.2 Å². The smallest absolute Gasteiger partial charge is 0.266 e. The second kappa shape index (κ2) is 3.34. The maximum atomic E-state index is 12.0. The quantitative estimate of drug-likeness (QED) is 0.756. The number of hydrogen-bond acceptors (Lipinski definition) is 3. The minimum Gasteiger partial charge on any atom is -0.364 e. The summed E-state index contributed by atoms with van der Waals surface area (Å²) in [5.74, 6) is -0.763. The van der Waals surface area contributed by atoms with Crippen LogP contribution < -0.4 is 5.73 Å². The minimum atomic E-state index is -3.65. The fourth-order valence-corrected chi connectivity index (χ4v) is 2.95. The van der Waals surface area contributed by atoms with Crippen molar-refractivity contribution < 1.29 is 13.2 Å². The second-order valence-corrected chi connectivity index (χ2v) is 5.34. The van der Waals surface area contributed by atoms with E-state index in [2.05, 4.69) is 0 Å². The molecule has 1 aliphatic heterocycles. The van der Waals surface area contributed by atoms with Gasteiger partial charge in [-0.05, 0) is 17.7 Å². The SMILES string of the molecule is CN1C(C(N)=O)=Cc2ccccc2S1(=O)=O. The molecule has 0 unspecified atom stereocenters. The van der Waals surface area contributed by atoms with E-state index < -0.39 is 15.9 Å². The van der Waals surface area contributed by atoms with E-state index in [1.165, 1.54) is 19.2 Å². The van der Waals surface area contributed by atoms with Gasteiger partial charge in [0.25, 0.3) is 15.9 Å². The monoisotopic (exact) mass is 238 g/mol.